The third-order valence-corrected chi connectivity index (χ3v) is 3.72. The van der Waals surface area contributed by atoms with Crippen LogP contribution in [0.25, 0.3) is 0 Å². The normalized spacial score (nSPS) is 11.2. The lowest BCUT2D eigenvalue weighted by Crippen LogP contribution is -2.25. The number of carboxylic acids is 1. The molecule has 0 fully saturated rings. The van der Waals surface area contributed by atoms with Crippen molar-refractivity contribution in [2.45, 2.75) is 17.7 Å². The fourth-order valence-corrected chi connectivity index (χ4v) is 2.61. The van der Waals surface area contributed by atoms with E-state index >= 15 is 0 Å². The number of ether oxygens (including phenoxy) is 1. The van der Waals surface area contributed by atoms with E-state index in [2.05, 4.69) is 4.72 Å². The van der Waals surface area contributed by atoms with Crippen LogP contribution in [0.2, 0.25) is 0 Å². The molecule has 0 atom stereocenters. The van der Waals surface area contributed by atoms with Gasteiger partial charge in [-0.1, -0.05) is 12.1 Å². The number of methoxy groups -OCH3 is 1. The predicted molar refractivity (Wildman–Crippen MR) is 65.1 cm³/mol. The van der Waals surface area contributed by atoms with Crippen LogP contribution in [-0.2, 0) is 14.8 Å². The topological polar surface area (TPSA) is 92.7 Å². The molecule has 0 radical (unpaired) electrons. The molecule has 0 aliphatic carbocycles. The van der Waals surface area contributed by atoms with Crippen LogP contribution in [0.15, 0.2) is 29.2 Å². The van der Waals surface area contributed by atoms with Crippen LogP contribution in [0.5, 0.6) is 5.75 Å². The highest BCUT2D eigenvalue weighted by Gasteiger charge is 2.18. The lowest BCUT2D eigenvalue weighted by Gasteiger charge is -2.09. The van der Waals surface area contributed by atoms with E-state index in [1.807, 2.05) is 0 Å². The zero-order chi connectivity index (χ0) is 13.6. The molecule has 7 heteroatoms. The molecular formula is C11H15NO5S. The van der Waals surface area contributed by atoms with Crippen molar-refractivity contribution >= 4 is 16.0 Å². The number of carboxylic acid groups (broad SMARTS) is 1. The average Bonchev–Trinajstić information content (AvgIpc) is 2.34. The molecule has 6 nitrogen and oxygen atoms in total. The van der Waals surface area contributed by atoms with Crippen molar-refractivity contribution in [1.82, 2.24) is 4.72 Å². The van der Waals surface area contributed by atoms with E-state index in [9.17, 15) is 13.2 Å². The highest BCUT2D eigenvalue weighted by molar-refractivity contribution is 7.89. The van der Waals surface area contributed by atoms with E-state index < -0.39 is 16.0 Å². The maximum Gasteiger partial charge on any atom is 0.303 e. The lowest BCUT2D eigenvalue weighted by atomic mass is 10.3. The Bertz CT molecular complexity index is 512. The summed E-state index contributed by atoms with van der Waals surface area (Å²) in [6, 6.07) is 6.24. The number of hydrogen-bond donors (Lipinski definition) is 2. The summed E-state index contributed by atoms with van der Waals surface area (Å²) in [6.07, 6.45) is 0.165. The van der Waals surface area contributed by atoms with Crippen molar-refractivity contribution in [1.29, 1.82) is 0 Å². The summed E-state index contributed by atoms with van der Waals surface area (Å²) in [5.74, 6) is -0.699. The van der Waals surface area contributed by atoms with Crippen molar-refractivity contribution in [2.24, 2.45) is 0 Å². The smallest absolute Gasteiger partial charge is 0.303 e. The van der Waals surface area contributed by atoms with Crippen LogP contribution in [-0.4, -0.2) is 33.1 Å². The molecule has 1 aromatic rings. The van der Waals surface area contributed by atoms with Gasteiger partial charge in [0.1, 0.15) is 10.6 Å². The quantitative estimate of drug-likeness (QED) is 0.718. The average molecular weight is 273 g/mol. The van der Waals surface area contributed by atoms with Gasteiger partial charge in [-0.15, -0.1) is 0 Å². The maximum absolute atomic E-state index is 11.9. The number of benzene rings is 1. The van der Waals surface area contributed by atoms with Gasteiger partial charge in [0, 0.05) is 13.0 Å². The van der Waals surface area contributed by atoms with Crippen molar-refractivity contribution in [3.63, 3.8) is 0 Å². The van der Waals surface area contributed by atoms with Crippen LogP contribution in [0.3, 0.4) is 0 Å². The van der Waals surface area contributed by atoms with Gasteiger partial charge in [-0.05, 0) is 18.6 Å². The third-order valence-electron chi connectivity index (χ3n) is 2.22. The SMILES string of the molecule is COc1ccccc1S(=O)(=O)NCCCC(=O)O. The molecule has 0 heterocycles. The van der Waals surface area contributed by atoms with Gasteiger partial charge >= 0.3 is 5.97 Å². The van der Waals surface area contributed by atoms with E-state index in [-0.39, 0.29) is 30.0 Å². The fraction of sp³-hybridized carbons (Fsp3) is 0.364. The second-order valence-electron chi connectivity index (χ2n) is 3.55. The number of para-hydroxylation sites is 1. The van der Waals surface area contributed by atoms with E-state index in [1.54, 1.807) is 18.2 Å². The van der Waals surface area contributed by atoms with E-state index in [0.717, 1.165) is 0 Å². The summed E-state index contributed by atoms with van der Waals surface area (Å²) in [6.45, 7) is 0.0761. The first-order valence-corrected chi connectivity index (χ1v) is 6.80. The molecule has 0 amide bonds. The first-order valence-electron chi connectivity index (χ1n) is 5.32. The monoisotopic (exact) mass is 273 g/mol. The van der Waals surface area contributed by atoms with E-state index in [0.29, 0.717) is 0 Å². The minimum absolute atomic E-state index is 0.0443. The number of nitrogens with one attached hydrogen (secondary N) is 1. The van der Waals surface area contributed by atoms with Gasteiger partial charge in [-0.3, -0.25) is 4.79 Å². The summed E-state index contributed by atoms with van der Waals surface area (Å²) in [7, 11) is -2.28. The molecule has 0 bridgehead atoms. The number of rotatable bonds is 7. The van der Waals surface area contributed by atoms with Crippen molar-refractivity contribution in [2.75, 3.05) is 13.7 Å². The standard InChI is InChI=1S/C11H15NO5S/c1-17-9-5-2-3-6-10(9)18(15,16)12-8-4-7-11(13)14/h2-3,5-6,12H,4,7-8H2,1H3,(H,13,14). The number of sulfonamides is 1. The van der Waals surface area contributed by atoms with Crippen molar-refractivity contribution < 1.29 is 23.1 Å². The summed E-state index contributed by atoms with van der Waals surface area (Å²) in [5.41, 5.74) is 0. The Hall–Kier alpha value is -1.60. The summed E-state index contributed by atoms with van der Waals surface area (Å²) < 4.78 is 31.1. The minimum atomic E-state index is -3.67. The zero-order valence-corrected chi connectivity index (χ0v) is 10.7. The summed E-state index contributed by atoms with van der Waals surface area (Å²) >= 11 is 0. The molecule has 0 aromatic heterocycles. The Kier molecular flexibility index (Phi) is 5.11. The Balaban J connectivity index is 2.71. The zero-order valence-electron chi connectivity index (χ0n) is 9.92. The largest absolute Gasteiger partial charge is 0.495 e. The van der Waals surface area contributed by atoms with E-state index in [4.69, 9.17) is 9.84 Å². The Morgan fingerprint density at radius 2 is 2.06 bits per heavy atom. The van der Waals surface area contributed by atoms with Crippen LogP contribution < -0.4 is 9.46 Å². The number of hydrogen-bond acceptors (Lipinski definition) is 4. The van der Waals surface area contributed by atoms with Crippen LogP contribution in [0.4, 0.5) is 0 Å². The first kappa shape index (κ1) is 14.5. The van der Waals surface area contributed by atoms with Crippen LogP contribution in [0.1, 0.15) is 12.8 Å². The second-order valence-corrected chi connectivity index (χ2v) is 5.28. The molecule has 18 heavy (non-hydrogen) atoms. The number of aliphatic carboxylic acids is 1. The molecule has 0 aliphatic heterocycles. The predicted octanol–water partition coefficient (Wildman–Crippen LogP) is 0.838. The van der Waals surface area contributed by atoms with E-state index in [1.165, 1.54) is 13.2 Å². The summed E-state index contributed by atoms with van der Waals surface area (Å²) in [5, 5.41) is 8.44. The maximum atomic E-state index is 11.9. The molecule has 0 aliphatic rings. The Labute approximate surface area is 106 Å². The minimum Gasteiger partial charge on any atom is -0.495 e. The third kappa shape index (κ3) is 4.01. The van der Waals surface area contributed by atoms with Gasteiger partial charge in [0.05, 0.1) is 7.11 Å². The molecule has 0 unspecified atom stereocenters. The van der Waals surface area contributed by atoms with Gasteiger partial charge in [-0.2, -0.15) is 0 Å². The Morgan fingerprint density at radius 3 is 2.67 bits per heavy atom. The highest BCUT2D eigenvalue weighted by Crippen LogP contribution is 2.22. The van der Waals surface area contributed by atoms with Gasteiger partial charge in [0.15, 0.2) is 0 Å². The molecule has 100 valence electrons. The molecular weight excluding hydrogens is 258 g/mol. The highest BCUT2D eigenvalue weighted by atomic mass is 32.2. The lowest BCUT2D eigenvalue weighted by molar-refractivity contribution is -0.137. The molecule has 1 rings (SSSR count). The van der Waals surface area contributed by atoms with Gasteiger partial charge in [0.2, 0.25) is 10.0 Å². The molecule has 2 N–H and O–H groups in total. The second kappa shape index (κ2) is 6.36. The first-order chi connectivity index (χ1) is 8.47. The van der Waals surface area contributed by atoms with Gasteiger partial charge in [0.25, 0.3) is 0 Å². The molecule has 0 saturated heterocycles. The van der Waals surface area contributed by atoms with Gasteiger partial charge in [-0.25, -0.2) is 13.1 Å². The van der Waals surface area contributed by atoms with Crippen molar-refractivity contribution in [3.05, 3.63) is 24.3 Å². The van der Waals surface area contributed by atoms with Crippen LogP contribution in [0, 0.1) is 0 Å². The molecule has 0 spiro atoms. The molecule has 0 saturated carbocycles. The van der Waals surface area contributed by atoms with Crippen molar-refractivity contribution in [3.8, 4) is 5.75 Å². The Morgan fingerprint density at radius 1 is 1.39 bits per heavy atom. The van der Waals surface area contributed by atoms with Crippen LogP contribution >= 0.6 is 0 Å². The fourth-order valence-electron chi connectivity index (χ4n) is 1.36. The molecule has 1 aromatic carbocycles. The number of carbonyl (C=O) groups is 1. The van der Waals surface area contributed by atoms with Gasteiger partial charge < -0.3 is 9.84 Å². The summed E-state index contributed by atoms with van der Waals surface area (Å²) in [4.78, 5) is 10.3.